The van der Waals surface area contributed by atoms with E-state index in [1.54, 1.807) is 30.3 Å². The zero-order chi connectivity index (χ0) is 14.4. The summed E-state index contributed by atoms with van der Waals surface area (Å²) in [6.07, 6.45) is 5.80. The average Bonchev–Trinajstić information content (AvgIpc) is 3.00. The van der Waals surface area contributed by atoms with Crippen molar-refractivity contribution in [3.8, 4) is 5.75 Å². The third-order valence-corrected chi connectivity index (χ3v) is 3.69. The number of benzene rings is 1. The van der Waals surface area contributed by atoms with Crippen LogP contribution in [0.3, 0.4) is 0 Å². The summed E-state index contributed by atoms with van der Waals surface area (Å²) in [5.41, 5.74) is 0.572. The standard InChI is InChI=1S/C17H20O3/c1-2-11-20-15-9-7-14(8-10-15)17(19)12-16(18)13-5-3-4-6-13/h2,7-10,13H,1,3-6,11-12H2. The Bertz CT molecular complexity index is 481. The van der Waals surface area contributed by atoms with Crippen LogP contribution >= 0.6 is 0 Å². The molecule has 0 heterocycles. The first kappa shape index (κ1) is 14.5. The molecule has 0 atom stereocenters. The lowest BCUT2D eigenvalue weighted by molar-refractivity contribution is -0.121. The van der Waals surface area contributed by atoms with E-state index in [-0.39, 0.29) is 23.9 Å². The normalized spacial score (nSPS) is 15.0. The number of hydrogen-bond donors (Lipinski definition) is 0. The number of hydrogen-bond acceptors (Lipinski definition) is 3. The molecule has 0 unspecified atom stereocenters. The van der Waals surface area contributed by atoms with Crippen molar-refractivity contribution in [3.63, 3.8) is 0 Å². The molecule has 3 heteroatoms. The lowest BCUT2D eigenvalue weighted by Crippen LogP contribution is -2.15. The molecule has 1 saturated carbocycles. The van der Waals surface area contributed by atoms with E-state index in [1.807, 2.05) is 0 Å². The summed E-state index contributed by atoms with van der Waals surface area (Å²) in [7, 11) is 0. The highest BCUT2D eigenvalue weighted by atomic mass is 16.5. The lowest BCUT2D eigenvalue weighted by atomic mass is 9.96. The number of carbonyl (C=O) groups excluding carboxylic acids is 2. The number of ketones is 2. The van der Waals surface area contributed by atoms with E-state index in [0.717, 1.165) is 25.7 Å². The van der Waals surface area contributed by atoms with Gasteiger partial charge in [0.15, 0.2) is 5.78 Å². The minimum Gasteiger partial charge on any atom is -0.490 e. The fourth-order valence-electron chi connectivity index (χ4n) is 2.54. The molecule has 3 nitrogen and oxygen atoms in total. The van der Waals surface area contributed by atoms with Crippen molar-refractivity contribution >= 4 is 11.6 Å². The zero-order valence-corrected chi connectivity index (χ0v) is 11.6. The highest BCUT2D eigenvalue weighted by molar-refractivity contribution is 6.08. The van der Waals surface area contributed by atoms with Crippen molar-refractivity contribution in [3.05, 3.63) is 42.5 Å². The van der Waals surface area contributed by atoms with Gasteiger partial charge in [0.05, 0.1) is 6.42 Å². The molecule has 0 spiro atoms. The highest BCUT2D eigenvalue weighted by Gasteiger charge is 2.24. The number of ether oxygens (including phenoxy) is 1. The molecule has 1 fully saturated rings. The first-order valence-corrected chi connectivity index (χ1v) is 7.10. The second-order valence-electron chi connectivity index (χ2n) is 5.17. The van der Waals surface area contributed by atoms with Crippen molar-refractivity contribution in [2.24, 2.45) is 5.92 Å². The minimum absolute atomic E-state index is 0.0253. The van der Waals surface area contributed by atoms with Crippen molar-refractivity contribution < 1.29 is 14.3 Å². The van der Waals surface area contributed by atoms with Gasteiger partial charge in [-0.1, -0.05) is 25.5 Å². The molecular formula is C17H20O3. The first-order chi connectivity index (χ1) is 9.70. The molecule has 0 radical (unpaired) electrons. The predicted octanol–water partition coefficient (Wildman–Crippen LogP) is 3.58. The van der Waals surface area contributed by atoms with Gasteiger partial charge in [-0.15, -0.1) is 0 Å². The monoisotopic (exact) mass is 272 g/mol. The van der Waals surface area contributed by atoms with Gasteiger partial charge < -0.3 is 4.74 Å². The Morgan fingerprint density at radius 1 is 1.20 bits per heavy atom. The van der Waals surface area contributed by atoms with Gasteiger partial charge in [0.1, 0.15) is 18.1 Å². The zero-order valence-electron chi connectivity index (χ0n) is 11.6. The van der Waals surface area contributed by atoms with Crippen LogP contribution in [0, 0.1) is 5.92 Å². The van der Waals surface area contributed by atoms with Gasteiger partial charge in [0.2, 0.25) is 0 Å². The average molecular weight is 272 g/mol. The van der Waals surface area contributed by atoms with Crippen LogP contribution in [0.15, 0.2) is 36.9 Å². The van der Waals surface area contributed by atoms with Crippen molar-refractivity contribution in [2.75, 3.05) is 6.61 Å². The van der Waals surface area contributed by atoms with Crippen LogP contribution in [0.4, 0.5) is 0 Å². The second kappa shape index (κ2) is 7.04. The third-order valence-electron chi connectivity index (χ3n) is 3.69. The summed E-state index contributed by atoms with van der Waals surface area (Å²) in [6, 6.07) is 6.92. The maximum absolute atomic E-state index is 12.1. The van der Waals surface area contributed by atoms with E-state index in [0.29, 0.717) is 17.9 Å². The van der Waals surface area contributed by atoms with E-state index in [9.17, 15) is 9.59 Å². The van der Waals surface area contributed by atoms with Gasteiger partial charge >= 0.3 is 0 Å². The van der Waals surface area contributed by atoms with Gasteiger partial charge in [-0.3, -0.25) is 9.59 Å². The van der Waals surface area contributed by atoms with Crippen LogP contribution in [0.25, 0.3) is 0 Å². The second-order valence-corrected chi connectivity index (χ2v) is 5.17. The minimum atomic E-state index is -0.0998. The fraction of sp³-hybridized carbons (Fsp3) is 0.412. The van der Waals surface area contributed by atoms with Gasteiger partial charge in [-0.05, 0) is 37.1 Å². The summed E-state index contributed by atoms with van der Waals surface area (Å²) < 4.78 is 5.36. The molecule has 1 aromatic rings. The van der Waals surface area contributed by atoms with E-state index >= 15 is 0 Å². The molecule has 0 amide bonds. The molecule has 0 bridgehead atoms. The molecule has 1 aliphatic carbocycles. The smallest absolute Gasteiger partial charge is 0.170 e. The van der Waals surface area contributed by atoms with Gasteiger partial charge in [-0.2, -0.15) is 0 Å². The third kappa shape index (κ3) is 3.80. The molecule has 20 heavy (non-hydrogen) atoms. The Kier molecular flexibility index (Phi) is 5.10. The molecule has 0 aromatic heterocycles. The van der Waals surface area contributed by atoms with E-state index < -0.39 is 0 Å². The predicted molar refractivity (Wildman–Crippen MR) is 78.0 cm³/mol. The summed E-state index contributed by atoms with van der Waals surface area (Å²) in [5.74, 6) is 0.800. The van der Waals surface area contributed by atoms with Crippen molar-refractivity contribution in [1.82, 2.24) is 0 Å². The number of Topliss-reactive ketones (excluding diaryl/α,β-unsaturated/α-hetero) is 2. The summed E-state index contributed by atoms with van der Waals surface area (Å²) in [5, 5.41) is 0. The molecule has 2 rings (SSSR count). The topological polar surface area (TPSA) is 43.4 Å². The maximum Gasteiger partial charge on any atom is 0.170 e. The van der Waals surface area contributed by atoms with Crippen molar-refractivity contribution in [1.29, 1.82) is 0 Å². The Hall–Kier alpha value is -1.90. The van der Waals surface area contributed by atoms with Crippen molar-refractivity contribution in [2.45, 2.75) is 32.1 Å². The van der Waals surface area contributed by atoms with Gasteiger partial charge in [0.25, 0.3) is 0 Å². The van der Waals surface area contributed by atoms with Gasteiger partial charge in [-0.25, -0.2) is 0 Å². The van der Waals surface area contributed by atoms with E-state index in [2.05, 4.69) is 6.58 Å². The summed E-state index contributed by atoms with van der Waals surface area (Å²) in [4.78, 5) is 24.0. The summed E-state index contributed by atoms with van der Waals surface area (Å²) in [6.45, 7) is 4.01. The quantitative estimate of drug-likeness (QED) is 0.433. The Morgan fingerprint density at radius 3 is 2.45 bits per heavy atom. The Balaban J connectivity index is 1.91. The summed E-state index contributed by atoms with van der Waals surface area (Å²) >= 11 is 0. The first-order valence-electron chi connectivity index (χ1n) is 7.10. The van der Waals surface area contributed by atoms with Crippen LogP contribution in [-0.2, 0) is 4.79 Å². The SMILES string of the molecule is C=CCOc1ccc(C(=O)CC(=O)C2CCCC2)cc1. The number of rotatable bonds is 7. The molecule has 0 saturated heterocycles. The van der Waals surface area contributed by atoms with Gasteiger partial charge in [0, 0.05) is 11.5 Å². The number of carbonyl (C=O) groups is 2. The lowest BCUT2D eigenvalue weighted by Gasteiger charge is -2.08. The Labute approximate surface area is 119 Å². The Morgan fingerprint density at radius 2 is 1.85 bits per heavy atom. The largest absolute Gasteiger partial charge is 0.490 e. The van der Waals surface area contributed by atoms with Crippen LogP contribution in [0.1, 0.15) is 42.5 Å². The van der Waals surface area contributed by atoms with E-state index in [4.69, 9.17) is 4.74 Å². The van der Waals surface area contributed by atoms with Crippen LogP contribution < -0.4 is 4.74 Å². The molecule has 106 valence electrons. The molecule has 1 aromatic carbocycles. The molecule has 0 aliphatic heterocycles. The molecule has 0 N–H and O–H groups in total. The van der Waals surface area contributed by atoms with Crippen LogP contribution in [0.2, 0.25) is 0 Å². The molecule has 1 aliphatic rings. The highest BCUT2D eigenvalue weighted by Crippen LogP contribution is 2.27. The van der Waals surface area contributed by atoms with Crippen LogP contribution in [0.5, 0.6) is 5.75 Å². The fourth-order valence-corrected chi connectivity index (χ4v) is 2.54. The molecular weight excluding hydrogens is 252 g/mol. The van der Waals surface area contributed by atoms with E-state index in [1.165, 1.54) is 0 Å². The maximum atomic E-state index is 12.1. The van der Waals surface area contributed by atoms with Crippen LogP contribution in [-0.4, -0.2) is 18.2 Å².